The number of nitrogens with zero attached hydrogens (tertiary/aromatic N) is 5. The highest BCUT2D eigenvalue weighted by molar-refractivity contribution is 6.28. The van der Waals surface area contributed by atoms with Gasteiger partial charge in [-0.05, 0) is 35.7 Å². The summed E-state index contributed by atoms with van der Waals surface area (Å²) >= 11 is 5.75. The second-order valence-corrected chi connectivity index (χ2v) is 7.64. The number of ether oxygens (including phenoxy) is 1. The molecule has 3 heterocycles. The van der Waals surface area contributed by atoms with E-state index in [2.05, 4.69) is 15.1 Å². The number of hydrogen-bond acceptors (Lipinski definition) is 5. The maximum atomic E-state index is 13.6. The zero-order valence-corrected chi connectivity index (χ0v) is 15.9. The van der Waals surface area contributed by atoms with E-state index in [-0.39, 0.29) is 23.1 Å². The molecule has 1 aromatic carbocycles. The molecule has 1 fully saturated rings. The molecule has 2 aromatic heterocycles. The lowest BCUT2D eigenvalue weighted by Crippen LogP contribution is -2.41. The molecule has 10 heteroatoms. The second-order valence-electron chi connectivity index (χ2n) is 7.30. The highest BCUT2D eigenvalue weighted by atomic mass is 35.5. The predicted molar refractivity (Wildman–Crippen MR) is 99.0 cm³/mol. The molecular weight excluding hydrogens is 404 g/mol. The van der Waals surface area contributed by atoms with Crippen LogP contribution in [0, 0.1) is 11.6 Å². The number of aryl methyl sites for hydroxylation is 1. The van der Waals surface area contributed by atoms with Crippen molar-refractivity contribution >= 4 is 11.6 Å². The molecule has 0 amide bonds. The minimum absolute atomic E-state index is 0.0900. The van der Waals surface area contributed by atoms with Crippen molar-refractivity contribution in [2.24, 2.45) is 0 Å². The molecule has 2 aliphatic rings. The van der Waals surface area contributed by atoms with Crippen LogP contribution in [-0.4, -0.2) is 30.4 Å². The number of benzene rings is 1. The Labute approximate surface area is 168 Å². The number of fused-ring (bicyclic) bond motifs is 1. The molecule has 150 valence electrons. The Morgan fingerprint density at radius 2 is 1.93 bits per heavy atom. The smallest absolute Gasteiger partial charge is 0.346 e. The Kier molecular flexibility index (Phi) is 4.34. The lowest BCUT2D eigenvalue weighted by atomic mass is 9.89. The van der Waals surface area contributed by atoms with Crippen molar-refractivity contribution in [2.75, 3.05) is 0 Å². The van der Waals surface area contributed by atoms with Gasteiger partial charge in [0.1, 0.15) is 23.6 Å². The van der Waals surface area contributed by atoms with Gasteiger partial charge in [0.05, 0.1) is 12.1 Å². The summed E-state index contributed by atoms with van der Waals surface area (Å²) in [7, 11) is 0. The lowest BCUT2D eigenvalue weighted by Gasteiger charge is -2.34. The third kappa shape index (κ3) is 3.29. The fraction of sp³-hybridized carbons (Fsp3) is 0.368. The first-order chi connectivity index (χ1) is 14.0. The number of aromatic nitrogens is 5. The Hall–Kier alpha value is -2.81. The van der Waals surface area contributed by atoms with E-state index < -0.39 is 17.7 Å². The maximum absolute atomic E-state index is 13.6. The number of halogens is 3. The zero-order valence-electron chi connectivity index (χ0n) is 15.1. The van der Waals surface area contributed by atoms with Crippen molar-refractivity contribution in [3.05, 3.63) is 69.3 Å². The summed E-state index contributed by atoms with van der Waals surface area (Å²) in [6.45, 7) is 0. The summed E-state index contributed by atoms with van der Waals surface area (Å²) < 4.78 is 36.0. The molecule has 0 bridgehead atoms. The molecule has 1 atom stereocenters. The van der Waals surface area contributed by atoms with Gasteiger partial charge in [0.2, 0.25) is 11.2 Å². The zero-order chi connectivity index (χ0) is 20.1. The van der Waals surface area contributed by atoms with Crippen LogP contribution in [-0.2, 0) is 6.42 Å². The molecule has 0 unspecified atom stereocenters. The average Bonchev–Trinajstić information content (AvgIpc) is 3.18. The fourth-order valence-corrected chi connectivity index (χ4v) is 4.17. The van der Waals surface area contributed by atoms with E-state index in [0.29, 0.717) is 43.0 Å². The summed E-state index contributed by atoms with van der Waals surface area (Å²) in [5.74, 6) is -0.284. The quantitative estimate of drug-likeness (QED) is 0.607. The SMILES string of the molecule is O=c1n(C2CC(Oc3ccnc(Cl)n3)C2)nc2n1[C@H](c1cc(F)cc(F)c1)CC2. The van der Waals surface area contributed by atoms with Crippen LogP contribution in [0.15, 0.2) is 35.3 Å². The second kappa shape index (κ2) is 6.91. The molecule has 0 saturated heterocycles. The minimum atomic E-state index is -0.655. The van der Waals surface area contributed by atoms with Crippen molar-refractivity contribution in [3.8, 4) is 5.88 Å². The molecule has 0 radical (unpaired) electrons. The fourth-order valence-electron chi connectivity index (χ4n) is 4.03. The highest BCUT2D eigenvalue weighted by Gasteiger charge is 2.38. The van der Waals surface area contributed by atoms with Gasteiger partial charge in [-0.2, -0.15) is 10.1 Å². The summed E-state index contributed by atoms with van der Waals surface area (Å²) in [5.41, 5.74) is 0.180. The van der Waals surface area contributed by atoms with Crippen LogP contribution < -0.4 is 10.4 Å². The van der Waals surface area contributed by atoms with Gasteiger partial charge >= 0.3 is 5.69 Å². The van der Waals surface area contributed by atoms with Crippen molar-refractivity contribution in [3.63, 3.8) is 0 Å². The first-order valence-corrected chi connectivity index (χ1v) is 9.67. The Balaban J connectivity index is 1.34. The molecule has 5 rings (SSSR count). The van der Waals surface area contributed by atoms with Crippen molar-refractivity contribution in [1.82, 2.24) is 24.3 Å². The van der Waals surface area contributed by atoms with Crippen LogP contribution >= 0.6 is 11.6 Å². The van der Waals surface area contributed by atoms with E-state index in [1.165, 1.54) is 23.0 Å². The van der Waals surface area contributed by atoms with Gasteiger partial charge in [-0.1, -0.05) is 0 Å². The standard InChI is InChI=1S/C19H16ClF2N5O2/c20-18-23-4-3-17(24-18)29-14-8-13(9-14)27-19(28)26-15(1-2-16(26)25-27)10-5-11(21)7-12(22)6-10/h3-7,13-15H,1-2,8-9H2/t13?,14?,15-/m0/s1. The van der Waals surface area contributed by atoms with E-state index in [4.69, 9.17) is 16.3 Å². The Bertz CT molecular complexity index is 1120. The minimum Gasteiger partial charge on any atom is -0.474 e. The van der Waals surface area contributed by atoms with Crippen LogP contribution in [0.1, 0.15) is 42.7 Å². The van der Waals surface area contributed by atoms with Gasteiger partial charge in [0, 0.05) is 37.6 Å². The predicted octanol–water partition coefficient (Wildman–Crippen LogP) is 3.08. The van der Waals surface area contributed by atoms with E-state index in [1.54, 1.807) is 10.6 Å². The van der Waals surface area contributed by atoms with Gasteiger partial charge in [0.15, 0.2) is 0 Å². The maximum Gasteiger partial charge on any atom is 0.346 e. The number of rotatable bonds is 4. The van der Waals surface area contributed by atoms with E-state index in [0.717, 1.165) is 6.07 Å². The summed E-state index contributed by atoms with van der Waals surface area (Å²) in [4.78, 5) is 20.8. The van der Waals surface area contributed by atoms with Gasteiger partial charge in [-0.15, -0.1) is 0 Å². The van der Waals surface area contributed by atoms with Crippen LogP contribution in [0.5, 0.6) is 5.88 Å². The third-order valence-electron chi connectivity index (χ3n) is 5.43. The molecular formula is C19H16ClF2N5O2. The van der Waals surface area contributed by atoms with Gasteiger partial charge in [-0.3, -0.25) is 4.57 Å². The van der Waals surface area contributed by atoms with Gasteiger partial charge in [0.25, 0.3) is 0 Å². The summed E-state index contributed by atoms with van der Waals surface area (Å²) in [5, 5.41) is 4.58. The molecule has 1 saturated carbocycles. The summed E-state index contributed by atoms with van der Waals surface area (Å²) in [6.07, 6.45) is 3.81. The van der Waals surface area contributed by atoms with Crippen molar-refractivity contribution in [1.29, 1.82) is 0 Å². The molecule has 1 aliphatic carbocycles. The average molecular weight is 420 g/mol. The Morgan fingerprint density at radius 1 is 1.17 bits per heavy atom. The van der Waals surface area contributed by atoms with Gasteiger partial charge < -0.3 is 4.74 Å². The van der Waals surface area contributed by atoms with Crippen molar-refractivity contribution < 1.29 is 13.5 Å². The number of hydrogen-bond donors (Lipinski definition) is 0. The van der Waals surface area contributed by atoms with Crippen LogP contribution in [0.2, 0.25) is 5.28 Å². The lowest BCUT2D eigenvalue weighted by molar-refractivity contribution is 0.0583. The van der Waals surface area contributed by atoms with Gasteiger partial charge in [-0.25, -0.2) is 23.2 Å². The largest absolute Gasteiger partial charge is 0.474 e. The monoisotopic (exact) mass is 419 g/mol. The molecule has 0 spiro atoms. The summed E-state index contributed by atoms with van der Waals surface area (Å²) in [6, 6.07) is 4.49. The van der Waals surface area contributed by atoms with Crippen LogP contribution in [0.3, 0.4) is 0 Å². The van der Waals surface area contributed by atoms with Crippen LogP contribution in [0.4, 0.5) is 8.78 Å². The van der Waals surface area contributed by atoms with E-state index in [9.17, 15) is 13.6 Å². The Morgan fingerprint density at radius 3 is 2.66 bits per heavy atom. The molecule has 1 aliphatic heterocycles. The molecule has 7 nitrogen and oxygen atoms in total. The molecule has 3 aromatic rings. The van der Waals surface area contributed by atoms with Crippen LogP contribution in [0.25, 0.3) is 0 Å². The van der Waals surface area contributed by atoms with E-state index in [1.807, 2.05) is 0 Å². The normalized spacial score (nSPS) is 22.9. The highest BCUT2D eigenvalue weighted by Crippen LogP contribution is 2.36. The molecule has 29 heavy (non-hydrogen) atoms. The van der Waals surface area contributed by atoms with E-state index >= 15 is 0 Å². The topological polar surface area (TPSA) is 74.8 Å². The third-order valence-corrected chi connectivity index (χ3v) is 5.61. The first kappa shape index (κ1) is 18.2. The first-order valence-electron chi connectivity index (χ1n) is 9.29. The molecule has 0 N–H and O–H groups in total. The van der Waals surface area contributed by atoms with Crippen molar-refractivity contribution in [2.45, 2.75) is 43.9 Å².